The lowest BCUT2D eigenvalue weighted by molar-refractivity contribution is 0.0759. The topological polar surface area (TPSA) is 68.8 Å². The van der Waals surface area contributed by atoms with Gasteiger partial charge in [-0.1, -0.05) is 0 Å². The molecule has 7 nitrogen and oxygen atoms in total. The Kier molecular flexibility index (Phi) is 3.83. The predicted octanol–water partition coefficient (Wildman–Crippen LogP) is 1.78. The molecule has 1 amide bonds. The van der Waals surface area contributed by atoms with Crippen LogP contribution in [0.4, 0.5) is 0 Å². The Labute approximate surface area is 145 Å². The zero-order valence-electron chi connectivity index (χ0n) is 14.4. The number of fused-ring (bicyclic) bond motifs is 1. The van der Waals surface area contributed by atoms with E-state index in [-0.39, 0.29) is 5.91 Å². The minimum Gasteiger partial charge on any atom is -0.336 e. The Balaban J connectivity index is 1.51. The third-order valence-corrected chi connectivity index (χ3v) is 4.57. The molecule has 1 aromatic carbocycles. The van der Waals surface area contributed by atoms with Crippen molar-refractivity contribution in [1.82, 2.24) is 29.4 Å². The van der Waals surface area contributed by atoms with Crippen molar-refractivity contribution in [2.45, 2.75) is 26.8 Å². The summed E-state index contributed by atoms with van der Waals surface area (Å²) in [6, 6.07) is 9.67. The van der Waals surface area contributed by atoms with Crippen LogP contribution in [0.1, 0.15) is 27.6 Å². The molecule has 0 N–H and O–H groups in total. The van der Waals surface area contributed by atoms with Crippen LogP contribution in [0.5, 0.6) is 0 Å². The lowest BCUT2D eigenvalue weighted by Crippen LogP contribution is -2.33. The molecule has 0 fully saturated rings. The van der Waals surface area contributed by atoms with Crippen molar-refractivity contribution in [3.8, 4) is 5.69 Å². The van der Waals surface area contributed by atoms with Gasteiger partial charge in [-0.2, -0.15) is 5.10 Å². The molecule has 0 spiro atoms. The van der Waals surface area contributed by atoms with Crippen LogP contribution in [0.3, 0.4) is 0 Å². The summed E-state index contributed by atoms with van der Waals surface area (Å²) in [6.45, 7) is 6.06. The second-order valence-corrected chi connectivity index (χ2v) is 6.37. The summed E-state index contributed by atoms with van der Waals surface area (Å²) in [6.07, 6.45) is 2.46. The van der Waals surface area contributed by atoms with Gasteiger partial charge in [0, 0.05) is 37.3 Å². The van der Waals surface area contributed by atoms with E-state index in [2.05, 4.69) is 15.3 Å². The lowest BCUT2D eigenvalue weighted by Gasteiger charge is -2.20. The number of hydrogen-bond acceptors (Lipinski definition) is 4. The van der Waals surface area contributed by atoms with E-state index in [1.165, 1.54) is 0 Å². The van der Waals surface area contributed by atoms with Gasteiger partial charge in [0.15, 0.2) is 0 Å². The van der Waals surface area contributed by atoms with Crippen LogP contribution in [0.25, 0.3) is 5.69 Å². The molecule has 1 aliphatic heterocycles. The molecule has 7 heteroatoms. The molecular weight excluding hydrogens is 316 g/mol. The highest BCUT2D eigenvalue weighted by molar-refractivity contribution is 5.94. The second-order valence-electron chi connectivity index (χ2n) is 6.37. The van der Waals surface area contributed by atoms with Gasteiger partial charge in [0.2, 0.25) is 0 Å². The standard InChI is InChI=1S/C18H20N6O/c1-13-11-14(2)24(21-13)16-5-3-15(4-6-16)18(25)22-8-7-17-20-19-12-23(17)10-9-22/h3-6,11-12H,7-10H2,1-2H3. The molecule has 0 atom stereocenters. The van der Waals surface area contributed by atoms with Crippen molar-refractivity contribution in [2.75, 3.05) is 13.1 Å². The van der Waals surface area contributed by atoms with Gasteiger partial charge in [0.1, 0.15) is 12.2 Å². The minimum absolute atomic E-state index is 0.0543. The fourth-order valence-corrected chi connectivity index (χ4v) is 3.26. The van der Waals surface area contributed by atoms with Crippen molar-refractivity contribution < 1.29 is 4.79 Å². The Hall–Kier alpha value is -2.96. The number of carbonyl (C=O) groups excluding carboxylic acids is 1. The quantitative estimate of drug-likeness (QED) is 0.715. The third kappa shape index (κ3) is 2.93. The number of amides is 1. The predicted molar refractivity (Wildman–Crippen MR) is 92.7 cm³/mol. The normalized spacial score (nSPS) is 14.2. The monoisotopic (exact) mass is 336 g/mol. The summed E-state index contributed by atoms with van der Waals surface area (Å²) >= 11 is 0. The first-order valence-electron chi connectivity index (χ1n) is 8.41. The average molecular weight is 336 g/mol. The van der Waals surface area contributed by atoms with Gasteiger partial charge in [-0.15, -0.1) is 10.2 Å². The third-order valence-electron chi connectivity index (χ3n) is 4.57. The molecule has 0 saturated carbocycles. The van der Waals surface area contributed by atoms with E-state index in [0.29, 0.717) is 18.7 Å². The largest absolute Gasteiger partial charge is 0.336 e. The summed E-state index contributed by atoms with van der Waals surface area (Å²) < 4.78 is 3.90. The lowest BCUT2D eigenvalue weighted by atomic mass is 10.1. The summed E-state index contributed by atoms with van der Waals surface area (Å²) in [4.78, 5) is 14.7. The van der Waals surface area contributed by atoms with E-state index in [1.807, 2.05) is 58.3 Å². The van der Waals surface area contributed by atoms with Crippen molar-refractivity contribution in [1.29, 1.82) is 0 Å². The molecule has 128 valence electrons. The minimum atomic E-state index is 0.0543. The Morgan fingerprint density at radius 2 is 1.88 bits per heavy atom. The number of benzene rings is 1. The van der Waals surface area contributed by atoms with Gasteiger partial charge >= 0.3 is 0 Å². The van der Waals surface area contributed by atoms with E-state index in [1.54, 1.807) is 6.33 Å². The van der Waals surface area contributed by atoms with Crippen LogP contribution in [0.2, 0.25) is 0 Å². The smallest absolute Gasteiger partial charge is 0.253 e. The number of aromatic nitrogens is 5. The number of carbonyl (C=O) groups is 1. The molecule has 3 heterocycles. The van der Waals surface area contributed by atoms with Gasteiger partial charge in [-0.05, 0) is 44.2 Å². The van der Waals surface area contributed by atoms with Gasteiger partial charge in [0.05, 0.1) is 11.4 Å². The molecule has 2 aromatic heterocycles. The molecule has 0 radical (unpaired) electrons. The van der Waals surface area contributed by atoms with Gasteiger partial charge in [0.25, 0.3) is 5.91 Å². The molecule has 0 unspecified atom stereocenters. The molecule has 3 aromatic rings. The van der Waals surface area contributed by atoms with E-state index in [0.717, 1.165) is 35.9 Å². The van der Waals surface area contributed by atoms with E-state index >= 15 is 0 Å². The molecular formula is C18H20N6O. The zero-order chi connectivity index (χ0) is 17.4. The average Bonchev–Trinajstić information content (AvgIpc) is 3.14. The van der Waals surface area contributed by atoms with Crippen molar-refractivity contribution in [3.05, 3.63) is 59.4 Å². The summed E-state index contributed by atoms with van der Waals surface area (Å²) in [5.74, 6) is 0.994. The highest BCUT2D eigenvalue weighted by atomic mass is 16.2. The summed E-state index contributed by atoms with van der Waals surface area (Å²) in [5, 5.41) is 12.5. The first-order valence-corrected chi connectivity index (χ1v) is 8.41. The Bertz CT molecular complexity index is 886. The number of hydrogen-bond donors (Lipinski definition) is 0. The zero-order valence-corrected chi connectivity index (χ0v) is 14.4. The van der Waals surface area contributed by atoms with Gasteiger partial charge in [-0.3, -0.25) is 4.79 Å². The van der Waals surface area contributed by atoms with E-state index < -0.39 is 0 Å². The van der Waals surface area contributed by atoms with E-state index in [9.17, 15) is 4.79 Å². The maximum Gasteiger partial charge on any atom is 0.253 e. The number of aryl methyl sites for hydroxylation is 2. The molecule has 0 saturated heterocycles. The van der Waals surface area contributed by atoms with Crippen molar-refractivity contribution >= 4 is 5.91 Å². The Morgan fingerprint density at radius 1 is 1.08 bits per heavy atom. The highest BCUT2D eigenvalue weighted by Gasteiger charge is 2.20. The molecule has 0 bridgehead atoms. The maximum absolute atomic E-state index is 12.8. The van der Waals surface area contributed by atoms with Crippen LogP contribution in [-0.2, 0) is 13.0 Å². The first-order chi connectivity index (χ1) is 12.1. The number of nitrogens with zero attached hydrogens (tertiary/aromatic N) is 6. The fraction of sp³-hybridized carbons (Fsp3) is 0.333. The van der Waals surface area contributed by atoms with Gasteiger partial charge in [-0.25, -0.2) is 4.68 Å². The van der Waals surface area contributed by atoms with Gasteiger partial charge < -0.3 is 9.47 Å². The SMILES string of the molecule is Cc1cc(C)n(-c2ccc(C(=O)N3CCc4nncn4CC3)cc2)n1. The summed E-state index contributed by atoms with van der Waals surface area (Å²) in [5.41, 5.74) is 3.72. The molecule has 4 rings (SSSR count). The number of rotatable bonds is 2. The van der Waals surface area contributed by atoms with E-state index in [4.69, 9.17) is 0 Å². The fourth-order valence-electron chi connectivity index (χ4n) is 3.26. The Morgan fingerprint density at radius 3 is 2.60 bits per heavy atom. The van der Waals surface area contributed by atoms with Crippen LogP contribution in [0.15, 0.2) is 36.7 Å². The molecule has 25 heavy (non-hydrogen) atoms. The van der Waals surface area contributed by atoms with Crippen LogP contribution >= 0.6 is 0 Å². The first kappa shape index (κ1) is 15.6. The molecule has 1 aliphatic rings. The second kappa shape index (κ2) is 6.16. The van der Waals surface area contributed by atoms with Crippen molar-refractivity contribution in [2.24, 2.45) is 0 Å². The summed E-state index contributed by atoms with van der Waals surface area (Å²) in [7, 11) is 0. The van der Waals surface area contributed by atoms with Crippen molar-refractivity contribution in [3.63, 3.8) is 0 Å². The van der Waals surface area contributed by atoms with Crippen LogP contribution in [-0.4, -0.2) is 48.4 Å². The highest BCUT2D eigenvalue weighted by Crippen LogP contribution is 2.15. The molecule has 0 aliphatic carbocycles. The maximum atomic E-state index is 12.8. The van der Waals surface area contributed by atoms with Crippen LogP contribution in [0, 0.1) is 13.8 Å². The van der Waals surface area contributed by atoms with Crippen LogP contribution < -0.4 is 0 Å².